The minimum absolute atomic E-state index is 0.0916. The highest BCUT2D eigenvalue weighted by Gasteiger charge is 2.13. The highest BCUT2D eigenvalue weighted by molar-refractivity contribution is 5.35. The lowest BCUT2D eigenvalue weighted by Crippen LogP contribution is -2.35. The van der Waals surface area contributed by atoms with Gasteiger partial charge in [0.2, 0.25) is 0 Å². The zero-order valence-electron chi connectivity index (χ0n) is 12.8. The Morgan fingerprint density at radius 3 is 2.70 bits per heavy atom. The molecule has 0 fully saturated rings. The van der Waals surface area contributed by atoms with Gasteiger partial charge in [-0.15, -0.1) is 0 Å². The molecule has 0 aliphatic rings. The van der Waals surface area contributed by atoms with Crippen LogP contribution in [-0.4, -0.2) is 20.1 Å². The summed E-state index contributed by atoms with van der Waals surface area (Å²) in [6, 6.07) is 4.11. The van der Waals surface area contributed by atoms with Crippen molar-refractivity contribution in [2.75, 3.05) is 0 Å². The van der Waals surface area contributed by atoms with Crippen LogP contribution in [-0.2, 0) is 13.0 Å². The van der Waals surface area contributed by atoms with E-state index in [0.29, 0.717) is 0 Å². The van der Waals surface area contributed by atoms with Crippen LogP contribution in [0.4, 0.5) is 0 Å². The van der Waals surface area contributed by atoms with E-state index in [2.05, 4.69) is 53.6 Å². The van der Waals surface area contributed by atoms with Gasteiger partial charge in [0, 0.05) is 42.7 Å². The van der Waals surface area contributed by atoms with Gasteiger partial charge in [-0.05, 0) is 33.3 Å². The first-order valence-electron chi connectivity index (χ1n) is 7.23. The van der Waals surface area contributed by atoms with Crippen LogP contribution in [0, 0.1) is 0 Å². The molecule has 4 heteroatoms. The lowest BCUT2D eigenvalue weighted by molar-refractivity contribution is 0.423. The zero-order valence-corrected chi connectivity index (χ0v) is 12.8. The monoisotopic (exact) mass is 272 g/mol. The van der Waals surface area contributed by atoms with Crippen LogP contribution in [0.5, 0.6) is 0 Å². The quantitative estimate of drug-likeness (QED) is 0.909. The summed E-state index contributed by atoms with van der Waals surface area (Å²) in [6.07, 6.45) is 7.73. The lowest BCUT2D eigenvalue weighted by Gasteiger charge is -2.21. The summed E-state index contributed by atoms with van der Waals surface area (Å²) in [6.45, 7) is 9.48. The number of aryl methyl sites for hydroxylation is 1. The van der Waals surface area contributed by atoms with Gasteiger partial charge in [-0.25, -0.2) is 9.97 Å². The minimum atomic E-state index is 0.0916. The Morgan fingerprint density at radius 1 is 1.20 bits per heavy atom. The van der Waals surface area contributed by atoms with Gasteiger partial charge in [-0.1, -0.05) is 13.0 Å². The van der Waals surface area contributed by atoms with E-state index in [0.717, 1.165) is 31.0 Å². The third kappa shape index (κ3) is 3.67. The summed E-state index contributed by atoms with van der Waals surface area (Å²) in [5.41, 5.74) is 1.28. The van der Waals surface area contributed by atoms with E-state index in [1.165, 1.54) is 5.56 Å². The smallest absolute Gasteiger partial charge is 0.142 e. The van der Waals surface area contributed by atoms with Gasteiger partial charge < -0.3 is 5.32 Å². The normalized spacial score (nSPS) is 11.8. The molecule has 20 heavy (non-hydrogen) atoms. The number of nitrogens with one attached hydrogen (secondary N) is 1. The third-order valence-electron chi connectivity index (χ3n) is 3.10. The van der Waals surface area contributed by atoms with Crippen molar-refractivity contribution in [3.63, 3.8) is 0 Å². The lowest BCUT2D eigenvalue weighted by atomic mass is 10.1. The second-order valence-electron chi connectivity index (χ2n) is 6.05. The van der Waals surface area contributed by atoms with Gasteiger partial charge in [0.05, 0.1) is 0 Å². The van der Waals surface area contributed by atoms with Gasteiger partial charge in [0.25, 0.3) is 0 Å². The van der Waals surface area contributed by atoms with Crippen molar-refractivity contribution in [1.82, 2.24) is 19.9 Å². The maximum atomic E-state index is 4.55. The maximum Gasteiger partial charge on any atom is 0.142 e. The van der Waals surface area contributed by atoms with E-state index < -0.39 is 0 Å². The molecule has 0 atom stereocenters. The molecule has 0 aromatic carbocycles. The number of pyridine rings is 1. The maximum absolute atomic E-state index is 4.55. The largest absolute Gasteiger partial charge is 0.308 e. The van der Waals surface area contributed by atoms with Crippen molar-refractivity contribution in [2.45, 2.75) is 52.6 Å². The first-order chi connectivity index (χ1) is 9.51. The van der Waals surface area contributed by atoms with E-state index >= 15 is 0 Å². The highest BCUT2D eigenvalue weighted by Crippen LogP contribution is 2.15. The molecule has 0 aliphatic carbocycles. The fourth-order valence-corrected chi connectivity index (χ4v) is 2.08. The molecule has 108 valence electrons. The number of imidazole rings is 1. The van der Waals surface area contributed by atoms with E-state index in [1.807, 2.05) is 24.7 Å². The molecule has 0 saturated heterocycles. The molecule has 2 heterocycles. The number of rotatable bonds is 5. The first kappa shape index (κ1) is 14.7. The SMILES string of the molecule is CCCc1nccn1-c1ncccc1CNC(C)(C)C. The average molecular weight is 272 g/mol. The van der Waals surface area contributed by atoms with Gasteiger partial charge in [-0.2, -0.15) is 0 Å². The Morgan fingerprint density at radius 2 is 2.00 bits per heavy atom. The van der Waals surface area contributed by atoms with Crippen LogP contribution in [0.3, 0.4) is 0 Å². The zero-order chi connectivity index (χ0) is 14.6. The van der Waals surface area contributed by atoms with Crippen molar-refractivity contribution in [3.8, 4) is 5.82 Å². The molecule has 0 radical (unpaired) electrons. The van der Waals surface area contributed by atoms with E-state index in [1.54, 1.807) is 0 Å². The molecule has 0 amide bonds. The summed E-state index contributed by atoms with van der Waals surface area (Å²) in [4.78, 5) is 8.98. The summed E-state index contributed by atoms with van der Waals surface area (Å²) >= 11 is 0. The summed E-state index contributed by atoms with van der Waals surface area (Å²) in [7, 11) is 0. The molecule has 1 N–H and O–H groups in total. The molecule has 0 aliphatic heterocycles. The predicted octanol–water partition coefficient (Wildman–Crippen LogP) is 3.11. The fraction of sp³-hybridized carbons (Fsp3) is 0.500. The second kappa shape index (κ2) is 6.18. The van der Waals surface area contributed by atoms with Gasteiger partial charge in [-0.3, -0.25) is 4.57 Å². The fourth-order valence-electron chi connectivity index (χ4n) is 2.08. The van der Waals surface area contributed by atoms with Crippen molar-refractivity contribution >= 4 is 0 Å². The first-order valence-corrected chi connectivity index (χ1v) is 7.23. The van der Waals surface area contributed by atoms with Gasteiger partial charge in [0.1, 0.15) is 11.6 Å². The van der Waals surface area contributed by atoms with Crippen molar-refractivity contribution < 1.29 is 0 Å². The molecule has 0 saturated carbocycles. The van der Waals surface area contributed by atoms with Gasteiger partial charge in [0.15, 0.2) is 0 Å². The molecular formula is C16H24N4. The average Bonchev–Trinajstić information content (AvgIpc) is 2.84. The van der Waals surface area contributed by atoms with Crippen molar-refractivity contribution in [2.24, 2.45) is 0 Å². The minimum Gasteiger partial charge on any atom is -0.308 e. The number of hydrogen-bond acceptors (Lipinski definition) is 3. The Labute approximate surface area is 121 Å². The Hall–Kier alpha value is -1.68. The molecule has 4 nitrogen and oxygen atoms in total. The third-order valence-corrected chi connectivity index (χ3v) is 3.10. The Kier molecular flexibility index (Phi) is 4.55. The number of aromatic nitrogens is 3. The molecule has 2 aromatic heterocycles. The standard InChI is InChI=1S/C16H24N4/c1-5-7-14-17-10-11-20(14)15-13(8-6-9-18-15)12-19-16(2,3)4/h6,8-11,19H,5,7,12H2,1-4H3. The van der Waals surface area contributed by atoms with E-state index in [9.17, 15) is 0 Å². The number of hydrogen-bond donors (Lipinski definition) is 1. The molecule has 0 bridgehead atoms. The number of nitrogens with zero attached hydrogens (tertiary/aromatic N) is 3. The van der Waals surface area contributed by atoms with Crippen LogP contribution >= 0.6 is 0 Å². The van der Waals surface area contributed by atoms with E-state index in [4.69, 9.17) is 0 Å². The summed E-state index contributed by atoms with van der Waals surface area (Å²) in [5.74, 6) is 2.05. The van der Waals surface area contributed by atoms with Crippen LogP contribution in [0.15, 0.2) is 30.7 Å². The molecule has 2 rings (SSSR count). The topological polar surface area (TPSA) is 42.7 Å². The molecule has 2 aromatic rings. The van der Waals surface area contributed by atoms with Crippen LogP contribution < -0.4 is 5.32 Å². The molecule has 0 spiro atoms. The van der Waals surface area contributed by atoms with E-state index in [-0.39, 0.29) is 5.54 Å². The summed E-state index contributed by atoms with van der Waals surface area (Å²) < 4.78 is 2.10. The second-order valence-corrected chi connectivity index (χ2v) is 6.05. The van der Waals surface area contributed by atoms with Crippen molar-refractivity contribution in [3.05, 3.63) is 42.1 Å². The van der Waals surface area contributed by atoms with Crippen LogP contribution in [0.1, 0.15) is 45.5 Å². The van der Waals surface area contributed by atoms with Gasteiger partial charge >= 0.3 is 0 Å². The molecule has 0 unspecified atom stereocenters. The summed E-state index contributed by atoms with van der Waals surface area (Å²) in [5, 5.41) is 3.52. The Bertz CT molecular complexity index is 552. The van der Waals surface area contributed by atoms with Crippen LogP contribution in [0.25, 0.3) is 5.82 Å². The highest BCUT2D eigenvalue weighted by atomic mass is 15.1. The van der Waals surface area contributed by atoms with Crippen molar-refractivity contribution in [1.29, 1.82) is 0 Å². The molecular weight excluding hydrogens is 248 g/mol. The predicted molar refractivity (Wildman–Crippen MR) is 81.9 cm³/mol. The Balaban J connectivity index is 2.29. The van der Waals surface area contributed by atoms with Crippen LogP contribution in [0.2, 0.25) is 0 Å².